The Bertz CT molecular complexity index is 941. The first-order chi connectivity index (χ1) is 12.7. The summed E-state index contributed by atoms with van der Waals surface area (Å²) in [7, 11) is 0. The summed E-state index contributed by atoms with van der Waals surface area (Å²) in [4.78, 5) is 43.9. The van der Waals surface area contributed by atoms with Gasteiger partial charge in [0.05, 0.1) is 0 Å². The van der Waals surface area contributed by atoms with Crippen molar-refractivity contribution in [1.82, 2.24) is 14.8 Å². The minimum atomic E-state index is -0.381. The summed E-state index contributed by atoms with van der Waals surface area (Å²) in [5.74, 6) is -0.483. The number of aryl methyl sites for hydroxylation is 4. The smallest absolute Gasteiger partial charge is 0.260 e. The molecule has 27 heavy (non-hydrogen) atoms. The number of aromatic nitrogens is 1. The van der Waals surface area contributed by atoms with Gasteiger partial charge in [0.15, 0.2) is 5.43 Å². The average molecular weight is 367 g/mol. The molecule has 1 aliphatic heterocycles. The van der Waals surface area contributed by atoms with E-state index in [1.807, 2.05) is 13.8 Å². The van der Waals surface area contributed by atoms with E-state index >= 15 is 0 Å². The van der Waals surface area contributed by atoms with Gasteiger partial charge in [-0.15, -0.1) is 0 Å². The minimum absolute atomic E-state index is 0.00358. The quantitative estimate of drug-likeness (QED) is 0.903. The maximum Gasteiger partial charge on any atom is 0.260 e. The molecule has 6 nitrogen and oxygen atoms in total. The molecule has 3 rings (SSSR count). The Labute approximate surface area is 158 Å². The number of rotatable bonds is 3. The second-order valence-corrected chi connectivity index (χ2v) is 7.35. The largest absolute Gasteiger partial charge is 0.362 e. The molecule has 2 heterocycles. The zero-order valence-electron chi connectivity index (χ0n) is 16.3. The van der Waals surface area contributed by atoms with Crippen molar-refractivity contribution in [1.29, 1.82) is 0 Å². The predicted molar refractivity (Wildman–Crippen MR) is 104 cm³/mol. The lowest BCUT2D eigenvalue weighted by molar-refractivity contribution is -0.135. The lowest BCUT2D eigenvalue weighted by Gasteiger charge is -2.34. The number of nitrogens with one attached hydrogen (secondary N) is 1. The van der Waals surface area contributed by atoms with Crippen molar-refractivity contribution >= 4 is 11.8 Å². The van der Waals surface area contributed by atoms with Gasteiger partial charge in [-0.25, -0.2) is 0 Å². The van der Waals surface area contributed by atoms with E-state index in [2.05, 4.69) is 23.2 Å². The van der Waals surface area contributed by atoms with E-state index in [4.69, 9.17) is 0 Å². The molecule has 0 bridgehead atoms. The third-order valence-corrected chi connectivity index (χ3v) is 4.83. The number of nitrogens with zero attached hydrogens (tertiary/aromatic N) is 2. The second kappa shape index (κ2) is 7.39. The predicted octanol–water partition coefficient (Wildman–Crippen LogP) is 2.09. The van der Waals surface area contributed by atoms with Crippen LogP contribution in [0.5, 0.6) is 0 Å². The maximum atomic E-state index is 12.8. The third-order valence-electron chi connectivity index (χ3n) is 4.83. The molecule has 2 aromatic rings. The summed E-state index contributed by atoms with van der Waals surface area (Å²) in [6, 6.07) is 7.67. The molecule has 0 spiro atoms. The molecule has 0 radical (unpaired) electrons. The highest BCUT2D eigenvalue weighted by Gasteiger charge is 2.29. The molecular formula is C21H25N3O3. The van der Waals surface area contributed by atoms with Crippen LogP contribution in [-0.2, 0) is 11.3 Å². The third kappa shape index (κ3) is 4.10. The number of carbonyl (C=O) groups excluding carboxylic acids is 2. The summed E-state index contributed by atoms with van der Waals surface area (Å²) in [6.45, 7) is 8.97. The molecule has 1 saturated heterocycles. The fraction of sp³-hybridized carbons (Fsp3) is 0.381. The van der Waals surface area contributed by atoms with E-state index in [0.717, 1.165) is 5.56 Å². The fourth-order valence-electron chi connectivity index (χ4n) is 3.70. The van der Waals surface area contributed by atoms with Crippen LogP contribution in [0, 0.1) is 27.7 Å². The number of hydrogen-bond acceptors (Lipinski definition) is 3. The first kappa shape index (κ1) is 18.9. The monoisotopic (exact) mass is 367 g/mol. The van der Waals surface area contributed by atoms with Gasteiger partial charge in [-0.1, -0.05) is 29.3 Å². The first-order valence-corrected chi connectivity index (χ1v) is 9.09. The van der Waals surface area contributed by atoms with E-state index < -0.39 is 0 Å². The van der Waals surface area contributed by atoms with Crippen LogP contribution in [0.3, 0.4) is 0 Å². The Morgan fingerprint density at radius 1 is 1.00 bits per heavy atom. The highest BCUT2D eigenvalue weighted by Crippen LogP contribution is 2.15. The normalized spacial score (nSPS) is 14.6. The average Bonchev–Trinajstić information content (AvgIpc) is 2.54. The van der Waals surface area contributed by atoms with Crippen molar-refractivity contribution in [3.63, 3.8) is 0 Å². The van der Waals surface area contributed by atoms with Crippen molar-refractivity contribution in [2.45, 2.75) is 34.2 Å². The number of piperazine rings is 1. The lowest BCUT2D eigenvalue weighted by atomic mass is 10.1. The van der Waals surface area contributed by atoms with Crippen LogP contribution < -0.4 is 5.43 Å². The van der Waals surface area contributed by atoms with Gasteiger partial charge < -0.3 is 14.8 Å². The fourth-order valence-corrected chi connectivity index (χ4v) is 3.70. The van der Waals surface area contributed by atoms with Crippen molar-refractivity contribution in [2.24, 2.45) is 0 Å². The zero-order chi connectivity index (χ0) is 19.7. The molecular weight excluding hydrogens is 342 g/mol. The van der Waals surface area contributed by atoms with Crippen LogP contribution in [-0.4, -0.2) is 46.2 Å². The van der Waals surface area contributed by atoms with Gasteiger partial charge in [0, 0.05) is 37.1 Å². The zero-order valence-corrected chi connectivity index (χ0v) is 16.3. The molecule has 1 aromatic heterocycles. The van der Waals surface area contributed by atoms with Crippen molar-refractivity contribution in [2.75, 3.05) is 19.6 Å². The van der Waals surface area contributed by atoms with Crippen LogP contribution in [0.15, 0.2) is 29.1 Å². The highest BCUT2D eigenvalue weighted by molar-refractivity contribution is 5.97. The molecule has 6 heteroatoms. The summed E-state index contributed by atoms with van der Waals surface area (Å²) < 4.78 is 0. The molecule has 0 aliphatic carbocycles. The lowest BCUT2D eigenvalue weighted by Crippen LogP contribution is -2.52. The number of pyridine rings is 1. The SMILES string of the molecule is Cc1cc(C)cc(CN2CCN(C(=O)c3c(C)[nH]c(C)cc3=O)CC2=O)c1. The number of H-pyrrole nitrogens is 1. The topological polar surface area (TPSA) is 73.5 Å². The van der Waals surface area contributed by atoms with Gasteiger partial charge in [-0.3, -0.25) is 14.4 Å². The van der Waals surface area contributed by atoms with Gasteiger partial charge in [-0.05, 0) is 33.3 Å². The van der Waals surface area contributed by atoms with Gasteiger partial charge in [-0.2, -0.15) is 0 Å². The second-order valence-electron chi connectivity index (χ2n) is 7.35. The Morgan fingerprint density at radius 2 is 1.67 bits per heavy atom. The molecule has 142 valence electrons. The molecule has 0 saturated carbocycles. The summed E-state index contributed by atoms with van der Waals surface area (Å²) in [5.41, 5.74) is 4.49. The summed E-state index contributed by atoms with van der Waals surface area (Å²) >= 11 is 0. The van der Waals surface area contributed by atoms with Crippen LogP contribution in [0.4, 0.5) is 0 Å². The number of hydrogen-bond donors (Lipinski definition) is 1. The van der Waals surface area contributed by atoms with Gasteiger partial charge in [0.25, 0.3) is 5.91 Å². The Morgan fingerprint density at radius 3 is 2.26 bits per heavy atom. The number of amides is 2. The van der Waals surface area contributed by atoms with Crippen LogP contribution in [0.25, 0.3) is 0 Å². The molecule has 1 fully saturated rings. The molecule has 0 unspecified atom stereocenters. The van der Waals surface area contributed by atoms with E-state index in [1.54, 1.807) is 18.7 Å². The molecule has 1 aliphatic rings. The van der Waals surface area contributed by atoms with Crippen LogP contribution >= 0.6 is 0 Å². The molecule has 0 atom stereocenters. The molecule has 1 N–H and O–H groups in total. The maximum absolute atomic E-state index is 12.8. The van der Waals surface area contributed by atoms with Gasteiger partial charge in [0.2, 0.25) is 5.91 Å². The van der Waals surface area contributed by atoms with Crippen molar-refractivity contribution in [3.8, 4) is 0 Å². The van der Waals surface area contributed by atoms with E-state index in [1.165, 1.54) is 22.1 Å². The van der Waals surface area contributed by atoms with Crippen molar-refractivity contribution < 1.29 is 9.59 Å². The van der Waals surface area contributed by atoms with E-state index in [-0.39, 0.29) is 29.4 Å². The first-order valence-electron chi connectivity index (χ1n) is 9.09. The van der Waals surface area contributed by atoms with E-state index in [0.29, 0.717) is 31.0 Å². The summed E-state index contributed by atoms with van der Waals surface area (Å²) in [5, 5.41) is 0. The highest BCUT2D eigenvalue weighted by atomic mass is 16.2. The number of aromatic amines is 1. The Hall–Kier alpha value is -2.89. The number of benzene rings is 1. The van der Waals surface area contributed by atoms with Crippen LogP contribution in [0.1, 0.15) is 38.4 Å². The Balaban J connectivity index is 1.72. The standard InChI is InChI=1S/C21H25N3O3/c1-13-7-14(2)9-17(8-13)11-23-5-6-24(12-19(23)26)21(27)20-16(4)22-15(3)10-18(20)25/h7-10H,5-6,11-12H2,1-4H3,(H,22,25). The molecule has 1 aromatic carbocycles. The van der Waals surface area contributed by atoms with Crippen molar-refractivity contribution in [3.05, 3.63) is 68.1 Å². The van der Waals surface area contributed by atoms with Crippen LogP contribution in [0.2, 0.25) is 0 Å². The Kier molecular flexibility index (Phi) is 5.17. The summed E-state index contributed by atoms with van der Waals surface area (Å²) in [6.07, 6.45) is 0. The number of carbonyl (C=O) groups is 2. The minimum Gasteiger partial charge on any atom is -0.362 e. The van der Waals surface area contributed by atoms with Gasteiger partial charge >= 0.3 is 0 Å². The molecule has 2 amide bonds. The van der Waals surface area contributed by atoms with Gasteiger partial charge in [0.1, 0.15) is 12.1 Å². The van der Waals surface area contributed by atoms with E-state index in [9.17, 15) is 14.4 Å².